The van der Waals surface area contributed by atoms with Crippen molar-refractivity contribution in [3.63, 3.8) is 0 Å². The van der Waals surface area contributed by atoms with Crippen molar-refractivity contribution >= 4 is 16.8 Å². The molecule has 2 fully saturated rings. The molecule has 0 spiro atoms. The van der Waals surface area contributed by atoms with Gasteiger partial charge in [0.15, 0.2) is 5.82 Å². The van der Waals surface area contributed by atoms with Gasteiger partial charge in [0.25, 0.3) is 5.91 Å². The van der Waals surface area contributed by atoms with Gasteiger partial charge in [0.05, 0.1) is 5.92 Å². The number of fused-ring (bicyclic) bond motifs is 1. The minimum atomic E-state index is -0.117. The Balaban J connectivity index is 1.38. The van der Waals surface area contributed by atoms with Crippen LogP contribution in [0.2, 0.25) is 0 Å². The second-order valence-electron chi connectivity index (χ2n) is 7.29. The fourth-order valence-corrected chi connectivity index (χ4v) is 3.77. The summed E-state index contributed by atoms with van der Waals surface area (Å²) in [6, 6.07) is 9.69. The second-order valence-corrected chi connectivity index (χ2v) is 7.29. The summed E-state index contributed by atoms with van der Waals surface area (Å²) in [7, 11) is 0. The first-order chi connectivity index (χ1) is 12.7. The van der Waals surface area contributed by atoms with Gasteiger partial charge in [0, 0.05) is 42.4 Å². The average Bonchev–Trinajstić information content (AvgIpc) is 3.11. The third-order valence-corrected chi connectivity index (χ3v) is 5.44. The molecule has 2 atom stereocenters. The van der Waals surface area contributed by atoms with E-state index in [0.717, 1.165) is 29.6 Å². The van der Waals surface area contributed by atoms with E-state index in [2.05, 4.69) is 15.1 Å². The molecule has 1 saturated heterocycles. The number of nitrogens with zero attached hydrogens (tertiary/aromatic N) is 3. The van der Waals surface area contributed by atoms with Crippen molar-refractivity contribution in [3.8, 4) is 0 Å². The Morgan fingerprint density at radius 1 is 1.31 bits per heavy atom. The first-order valence-electron chi connectivity index (χ1n) is 9.04. The number of aromatic amines is 1. The van der Waals surface area contributed by atoms with Crippen LogP contribution in [-0.4, -0.2) is 50.7 Å². The summed E-state index contributed by atoms with van der Waals surface area (Å²) in [6.07, 6.45) is 2.22. The number of carbonyl (C=O) groups excluding carboxylic acids is 1. The molecular formula is C19H20N4O3. The third kappa shape index (κ3) is 2.59. The van der Waals surface area contributed by atoms with Gasteiger partial charge in [-0.05, 0) is 25.0 Å². The number of carbonyl (C=O) groups is 1. The predicted octanol–water partition coefficient (Wildman–Crippen LogP) is 2.28. The number of aliphatic hydroxyl groups is 1. The van der Waals surface area contributed by atoms with E-state index < -0.39 is 0 Å². The standard InChI is InChI=1S/C19H20N4O3/c24-10-13-8-23(9-14(13)18-21-17(22-26-18)11-5-6-11)19(25)16-7-12-3-1-2-4-15(12)20-16/h1-4,7,11,13-14,20,24H,5-6,8-10H2/t13-,14+/m0/s1. The third-order valence-electron chi connectivity index (χ3n) is 5.44. The quantitative estimate of drug-likeness (QED) is 0.751. The fraction of sp³-hybridized carbons (Fsp3) is 0.421. The molecule has 134 valence electrons. The monoisotopic (exact) mass is 352 g/mol. The van der Waals surface area contributed by atoms with Gasteiger partial charge in [-0.1, -0.05) is 23.4 Å². The molecule has 0 bridgehead atoms. The Morgan fingerprint density at radius 3 is 2.92 bits per heavy atom. The molecule has 0 radical (unpaired) electrons. The molecule has 1 amide bonds. The maximum atomic E-state index is 12.9. The van der Waals surface area contributed by atoms with E-state index in [4.69, 9.17) is 4.52 Å². The highest BCUT2D eigenvalue weighted by molar-refractivity contribution is 5.98. The summed E-state index contributed by atoms with van der Waals surface area (Å²) in [5.41, 5.74) is 1.50. The molecule has 1 aromatic carbocycles. The van der Waals surface area contributed by atoms with Crippen molar-refractivity contribution in [2.75, 3.05) is 19.7 Å². The summed E-state index contributed by atoms with van der Waals surface area (Å²) in [5.74, 6) is 1.45. The maximum Gasteiger partial charge on any atom is 0.270 e. The average molecular weight is 352 g/mol. The number of aliphatic hydroxyl groups excluding tert-OH is 1. The zero-order chi connectivity index (χ0) is 17.7. The van der Waals surface area contributed by atoms with E-state index in [1.54, 1.807) is 4.90 Å². The van der Waals surface area contributed by atoms with E-state index in [-0.39, 0.29) is 24.3 Å². The number of hydrogen-bond donors (Lipinski definition) is 2. The van der Waals surface area contributed by atoms with Gasteiger partial charge in [-0.2, -0.15) is 4.98 Å². The lowest BCUT2D eigenvalue weighted by Crippen LogP contribution is -2.29. The molecule has 2 aliphatic rings. The van der Waals surface area contributed by atoms with E-state index in [9.17, 15) is 9.90 Å². The van der Waals surface area contributed by atoms with Crippen LogP contribution in [0.4, 0.5) is 0 Å². The smallest absolute Gasteiger partial charge is 0.270 e. The van der Waals surface area contributed by atoms with E-state index in [1.165, 1.54) is 0 Å². The summed E-state index contributed by atoms with van der Waals surface area (Å²) in [4.78, 5) is 22.4. The van der Waals surface area contributed by atoms with Crippen LogP contribution < -0.4 is 0 Å². The number of rotatable bonds is 4. The zero-order valence-electron chi connectivity index (χ0n) is 14.3. The zero-order valence-corrected chi connectivity index (χ0v) is 14.3. The lowest BCUT2D eigenvalue weighted by molar-refractivity contribution is 0.0776. The van der Waals surface area contributed by atoms with Crippen LogP contribution in [0.1, 0.15) is 46.9 Å². The Morgan fingerprint density at radius 2 is 2.15 bits per heavy atom. The number of para-hydroxylation sites is 1. The molecule has 7 nitrogen and oxygen atoms in total. The summed E-state index contributed by atoms with van der Waals surface area (Å²) < 4.78 is 5.45. The largest absolute Gasteiger partial charge is 0.396 e. The van der Waals surface area contributed by atoms with Crippen LogP contribution in [0.3, 0.4) is 0 Å². The summed E-state index contributed by atoms with van der Waals surface area (Å²) in [5, 5.41) is 14.9. The van der Waals surface area contributed by atoms with Crippen LogP contribution >= 0.6 is 0 Å². The molecule has 5 rings (SSSR count). The van der Waals surface area contributed by atoms with Gasteiger partial charge in [0.1, 0.15) is 5.69 Å². The molecule has 1 aliphatic carbocycles. The van der Waals surface area contributed by atoms with Gasteiger partial charge >= 0.3 is 0 Å². The molecule has 3 heterocycles. The van der Waals surface area contributed by atoms with E-state index >= 15 is 0 Å². The number of benzene rings is 1. The molecule has 1 saturated carbocycles. The Bertz CT molecular complexity index is 926. The maximum absolute atomic E-state index is 12.9. The normalized spacial score (nSPS) is 23.0. The first-order valence-corrected chi connectivity index (χ1v) is 9.04. The molecule has 7 heteroatoms. The summed E-state index contributed by atoms with van der Waals surface area (Å²) in [6.45, 7) is 0.949. The lowest BCUT2D eigenvalue weighted by atomic mass is 9.97. The molecule has 26 heavy (non-hydrogen) atoms. The molecule has 3 aromatic rings. The Kier molecular flexibility index (Phi) is 3.56. The van der Waals surface area contributed by atoms with Crippen molar-refractivity contribution in [2.45, 2.75) is 24.7 Å². The van der Waals surface area contributed by atoms with Crippen molar-refractivity contribution in [1.29, 1.82) is 0 Å². The number of hydrogen-bond acceptors (Lipinski definition) is 5. The van der Waals surface area contributed by atoms with Gasteiger partial charge < -0.3 is 19.5 Å². The van der Waals surface area contributed by atoms with Gasteiger partial charge in [-0.3, -0.25) is 4.79 Å². The number of H-pyrrole nitrogens is 1. The molecular weight excluding hydrogens is 332 g/mol. The Labute approximate surface area is 150 Å². The SMILES string of the molecule is O=C(c1cc2ccccc2[nH]1)N1C[C@@H](CO)[C@H](c2nc(C3CC3)no2)C1. The van der Waals surface area contributed by atoms with Crippen LogP contribution in [0.15, 0.2) is 34.9 Å². The van der Waals surface area contributed by atoms with Crippen LogP contribution in [0, 0.1) is 5.92 Å². The highest BCUT2D eigenvalue weighted by Crippen LogP contribution is 2.40. The van der Waals surface area contributed by atoms with Crippen molar-refractivity contribution < 1.29 is 14.4 Å². The van der Waals surface area contributed by atoms with Crippen LogP contribution in [0.5, 0.6) is 0 Å². The molecule has 1 aliphatic heterocycles. The highest BCUT2D eigenvalue weighted by atomic mass is 16.5. The van der Waals surface area contributed by atoms with E-state index in [0.29, 0.717) is 30.6 Å². The first kappa shape index (κ1) is 15.6. The second kappa shape index (κ2) is 5.95. The lowest BCUT2D eigenvalue weighted by Gasteiger charge is -2.14. The number of nitrogens with one attached hydrogen (secondary N) is 1. The Hall–Kier alpha value is -2.67. The van der Waals surface area contributed by atoms with Crippen molar-refractivity contribution in [2.24, 2.45) is 5.92 Å². The van der Waals surface area contributed by atoms with Gasteiger partial charge in [0.2, 0.25) is 5.89 Å². The highest BCUT2D eigenvalue weighted by Gasteiger charge is 2.40. The number of aromatic nitrogens is 3. The fourth-order valence-electron chi connectivity index (χ4n) is 3.77. The van der Waals surface area contributed by atoms with Crippen molar-refractivity contribution in [3.05, 3.63) is 47.7 Å². The van der Waals surface area contributed by atoms with Crippen LogP contribution in [0.25, 0.3) is 10.9 Å². The summed E-state index contributed by atoms with van der Waals surface area (Å²) >= 11 is 0. The topological polar surface area (TPSA) is 95.2 Å². The number of likely N-dealkylation sites (tertiary alicyclic amines) is 1. The van der Waals surface area contributed by atoms with Crippen molar-refractivity contribution in [1.82, 2.24) is 20.0 Å². The molecule has 0 unspecified atom stereocenters. The predicted molar refractivity (Wildman–Crippen MR) is 93.8 cm³/mol. The minimum absolute atomic E-state index is 0.0116. The minimum Gasteiger partial charge on any atom is -0.396 e. The molecule has 2 aromatic heterocycles. The van der Waals surface area contributed by atoms with Gasteiger partial charge in [-0.25, -0.2) is 0 Å². The van der Waals surface area contributed by atoms with E-state index in [1.807, 2.05) is 30.3 Å². The van der Waals surface area contributed by atoms with Crippen LogP contribution in [-0.2, 0) is 0 Å². The van der Waals surface area contributed by atoms with Gasteiger partial charge in [-0.15, -0.1) is 0 Å². The number of amides is 1. The molecule has 2 N–H and O–H groups in total.